The molecule has 0 aliphatic heterocycles. The maximum absolute atomic E-state index is 13.7. The lowest BCUT2D eigenvalue weighted by Crippen LogP contribution is -2.24. The van der Waals surface area contributed by atoms with Gasteiger partial charge in [0.05, 0.1) is 27.5 Å². The summed E-state index contributed by atoms with van der Waals surface area (Å²) >= 11 is 0. The van der Waals surface area contributed by atoms with Crippen molar-refractivity contribution in [1.82, 2.24) is 5.16 Å². The summed E-state index contributed by atoms with van der Waals surface area (Å²) in [4.78, 5) is 13.0. The lowest BCUT2D eigenvalue weighted by Gasteiger charge is -2.23. The van der Waals surface area contributed by atoms with E-state index in [1.165, 1.54) is 30.3 Å². The van der Waals surface area contributed by atoms with E-state index in [-0.39, 0.29) is 16.1 Å². The van der Waals surface area contributed by atoms with Crippen molar-refractivity contribution in [1.29, 1.82) is 0 Å². The van der Waals surface area contributed by atoms with Gasteiger partial charge in [-0.2, -0.15) is 0 Å². The Hall–Kier alpha value is -3.40. The molecule has 0 atom stereocenters. The molecule has 10 heteroatoms. The van der Waals surface area contributed by atoms with Crippen molar-refractivity contribution < 1.29 is 27.2 Å². The molecule has 1 aromatic heterocycles. The molecule has 0 spiro atoms. The lowest BCUT2D eigenvalue weighted by molar-refractivity contribution is 0.0697. The van der Waals surface area contributed by atoms with E-state index in [1.54, 1.807) is 18.9 Å². The van der Waals surface area contributed by atoms with Gasteiger partial charge in [-0.05, 0) is 63.1 Å². The number of carboxylic acids is 1. The van der Waals surface area contributed by atoms with Crippen molar-refractivity contribution in [3.8, 4) is 0 Å². The molecule has 8 nitrogen and oxygen atoms in total. The first kappa shape index (κ1) is 23.3. The van der Waals surface area contributed by atoms with Crippen molar-refractivity contribution >= 4 is 27.4 Å². The minimum absolute atomic E-state index is 0.0785. The number of nitrogens with zero attached hydrogens (tertiary/aromatic N) is 2. The Bertz CT molecular complexity index is 1250. The summed E-state index contributed by atoms with van der Waals surface area (Å²) in [6.45, 7) is 5.70. The van der Waals surface area contributed by atoms with Crippen LogP contribution in [0.1, 0.15) is 32.9 Å². The van der Waals surface area contributed by atoms with Gasteiger partial charge in [0.2, 0.25) is 0 Å². The van der Waals surface area contributed by atoms with Crippen LogP contribution >= 0.6 is 0 Å². The van der Waals surface area contributed by atoms with Crippen molar-refractivity contribution in [3.05, 3.63) is 70.4 Å². The second kappa shape index (κ2) is 8.99. The normalized spacial score (nSPS) is 11.4. The number of likely N-dealkylation sites (N-methyl/N-ethyl adjacent to an activating group) is 1. The first-order chi connectivity index (χ1) is 15.0. The summed E-state index contributed by atoms with van der Waals surface area (Å²) < 4.78 is 47.3. The summed E-state index contributed by atoms with van der Waals surface area (Å²) in [5.74, 6) is -1.18. The minimum atomic E-state index is -4.17. The zero-order chi connectivity index (χ0) is 23.6. The molecule has 2 N–H and O–H groups in total. The monoisotopic (exact) mass is 461 g/mol. The van der Waals surface area contributed by atoms with E-state index in [2.05, 4.69) is 9.88 Å². The largest absolute Gasteiger partial charge is 0.478 e. The van der Waals surface area contributed by atoms with Gasteiger partial charge in [-0.3, -0.25) is 4.72 Å². The van der Waals surface area contributed by atoms with E-state index in [0.29, 0.717) is 30.0 Å². The molecular weight excluding hydrogens is 437 g/mol. The molecule has 0 saturated carbocycles. The van der Waals surface area contributed by atoms with Gasteiger partial charge in [-0.1, -0.05) is 11.2 Å². The van der Waals surface area contributed by atoms with Gasteiger partial charge in [0.25, 0.3) is 10.0 Å². The van der Waals surface area contributed by atoms with E-state index in [9.17, 15) is 22.7 Å². The lowest BCUT2D eigenvalue weighted by atomic mass is 10.1. The topological polar surface area (TPSA) is 113 Å². The summed E-state index contributed by atoms with van der Waals surface area (Å²) in [6, 6.07) is 7.65. The number of carboxylic acid groups (broad SMARTS) is 1. The van der Waals surface area contributed by atoms with Crippen LogP contribution in [-0.2, 0) is 16.4 Å². The zero-order valence-corrected chi connectivity index (χ0v) is 19.0. The van der Waals surface area contributed by atoms with Crippen molar-refractivity contribution in [2.45, 2.75) is 32.1 Å². The van der Waals surface area contributed by atoms with E-state index in [4.69, 9.17) is 4.52 Å². The fraction of sp³-hybridized carbons (Fsp3) is 0.273. The summed E-state index contributed by atoms with van der Waals surface area (Å²) in [5.41, 5.74) is 2.56. The molecule has 32 heavy (non-hydrogen) atoms. The average molecular weight is 462 g/mol. The molecule has 2 aromatic carbocycles. The Morgan fingerprint density at radius 3 is 2.53 bits per heavy atom. The van der Waals surface area contributed by atoms with E-state index < -0.39 is 21.8 Å². The van der Waals surface area contributed by atoms with Crippen LogP contribution in [0.5, 0.6) is 0 Å². The molecule has 0 aliphatic rings. The number of nitrogens with one attached hydrogen (secondary N) is 1. The molecule has 3 rings (SSSR count). The molecule has 0 bridgehead atoms. The number of hydrogen-bond donors (Lipinski definition) is 2. The van der Waals surface area contributed by atoms with Crippen molar-refractivity contribution in [2.75, 3.05) is 23.2 Å². The van der Waals surface area contributed by atoms with Gasteiger partial charge < -0.3 is 14.5 Å². The van der Waals surface area contributed by atoms with Gasteiger partial charge in [0.15, 0.2) is 0 Å². The number of rotatable bonds is 8. The number of benzene rings is 2. The Kier molecular flexibility index (Phi) is 6.54. The highest BCUT2D eigenvalue weighted by molar-refractivity contribution is 7.92. The second-order valence-electron chi connectivity index (χ2n) is 7.53. The van der Waals surface area contributed by atoms with Crippen LogP contribution in [-0.4, -0.2) is 38.2 Å². The second-order valence-corrected chi connectivity index (χ2v) is 9.18. The number of sulfonamides is 1. The Morgan fingerprint density at radius 1 is 1.19 bits per heavy atom. The highest BCUT2D eigenvalue weighted by Gasteiger charge is 2.22. The van der Waals surface area contributed by atoms with E-state index >= 15 is 0 Å². The fourth-order valence-electron chi connectivity index (χ4n) is 3.41. The van der Waals surface area contributed by atoms with Crippen LogP contribution < -0.4 is 9.62 Å². The van der Waals surface area contributed by atoms with Crippen LogP contribution in [0.3, 0.4) is 0 Å². The third-order valence-corrected chi connectivity index (χ3v) is 6.72. The Labute approximate surface area is 185 Å². The number of aromatic nitrogens is 1. The van der Waals surface area contributed by atoms with Gasteiger partial charge in [0.1, 0.15) is 11.6 Å². The molecule has 170 valence electrons. The van der Waals surface area contributed by atoms with Crippen molar-refractivity contribution in [2.24, 2.45) is 0 Å². The van der Waals surface area contributed by atoms with E-state index in [0.717, 1.165) is 17.3 Å². The van der Waals surface area contributed by atoms with Crippen molar-refractivity contribution in [3.63, 3.8) is 0 Å². The molecule has 0 radical (unpaired) electrons. The Balaban J connectivity index is 1.96. The fourth-order valence-corrected chi connectivity index (χ4v) is 4.73. The summed E-state index contributed by atoms with van der Waals surface area (Å²) in [6.07, 6.45) is 0.591. The highest BCUT2D eigenvalue weighted by atomic mass is 32.2. The number of hydrogen-bond acceptors (Lipinski definition) is 6. The van der Waals surface area contributed by atoms with Gasteiger partial charge >= 0.3 is 5.97 Å². The third kappa shape index (κ3) is 4.91. The van der Waals surface area contributed by atoms with Gasteiger partial charge in [0, 0.05) is 19.2 Å². The van der Waals surface area contributed by atoms with Gasteiger partial charge in [-0.15, -0.1) is 0 Å². The summed E-state index contributed by atoms with van der Waals surface area (Å²) in [5, 5.41) is 13.3. The van der Waals surface area contributed by atoms with Crippen LogP contribution in [0.4, 0.5) is 15.8 Å². The number of aryl methyl sites for hydroxylation is 3. The predicted molar refractivity (Wildman–Crippen MR) is 118 cm³/mol. The highest BCUT2D eigenvalue weighted by Crippen LogP contribution is 2.30. The molecule has 1 heterocycles. The standard InChI is InChI=1S/C22H24FN3O5S/c1-13-5-7-17(23)12-21(13)32(29,30)25-19-11-16(22(27)28)6-8-20(19)26(4)10-9-18-14(2)24-31-15(18)3/h5-8,11-12,25H,9-10H2,1-4H3,(H,27,28). The number of halogens is 1. The van der Waals surface area contributed by atoms with Crippen LogP contribution in [0, 0.1) is 26.6 Å². The maximum atomic E-state index is 13.7. The smallest absolute Gasteiger partial charge is 0.335 e. The number of anilines is 2. The molecule has 0 unspecified atom stereocenters. The predicted octanol–water partition coefficient (Wildman–Crippen LogP) is 3.92. The number of aromatic carboxylic acids is 1. The van der Waals surface area contributed by atoms with Crippen LogP contribution in [0.25, 0.3) is 0 Å². The minimum Gasteiger partial charge on any atom is -0.478 e. The molecule has 0 amide bonds. The van der Waals surface area contributed by atoms with Gasteiger partial charge in [-0.25, -0.2) is 17.6 Å². The zero-order valence-electron chi connectivity index (χ0n) is 18.1. The molecule has 0 fully saturated rings. The first-order valence-corrected chi connectivity index (χ1v) is 11.3. The summed E-state index contributed by atoms with van der Waals surface area (Å²) in [7, 11) is -2.41. The van der Waals surface area contributed by atoms with Crippen LogP contribution in [0.2, 0.25) is 0 Å². The first-order valence-electron chi connectivity index (χ1n) is 9.79. The van der Waals surface area contributed by atoms with E-state index in [1.807, 2.05) is 13.8 Å². The molecule has 0 saturated heterocycles. The average Bonchev–Trinajstić information content (AvgIpc) is 3.05. The molecular formula is C22H24FN3O5S. The molecule has 0 aliphatic carbocycles. The molecule has 3 aromatic rings. The Morgan fingerprint density at radius 2 is 1.91 bits per heavy atom. The quantitative estimate of drug-likeness (QED) is 0.523. The third-order valence-electron chi connectivity index (χ3n) is 5.22. The van der Waals surface area contributed by atoms with Crippen LogP contribution in [0.15, 0.2) is 45.8 Å². The SMILES string of the molecule is Cc1ccc(F)cc1S(=O)(=O)Nc1cc(C(=O)O)ccc1N(C)CCc1c(C)noc1C. The number of carbonyl (C=O) groups is 1. The maximum Gasteiger partial charge on any atom is 0.335 e.